The van der Waals surface area contributed by atoms with Crippen LogP contribution < -0.4 is 26.4 Å². The van der Waals surface area contributed by atoms with Crippen LogP contribution in [-0.4, -0.2) is 42.1 Å². The summed E-state index contributed by atoms with van der Waals surface area (Å²) < 4.78 is 0. The number of benzene rings is 3. The molecule has 1 aromatic heterocycles. The summed E-state index contributed by atoms with van der Waals surface area (Å²) >= 11 is 6.16. The monoisotopic (exact) mass is 513 g/mol. The molecule has 0 spiro atoms. The number of nitrogens with one attached hydrogen (secondary N) is 2. The molecule has 3 aromatic carbocycles. The molecule has 1 saturated heterocycles. The molecule has 9 heteroatoms. The lowest BCUT2D eigenvalue weighted by molar-refractivity contribution is -0.121. The van der Waals surface area contributed by atoms with E-state index < -0.39 is 5.92 Å². The molecule has 0 saturated carbocycles. The van der Waals surface area contributed by atoms with Crippen molar-refractivity contribution < 1.29 is 4.79 Å². The first-order valence-corrected chi connectivity index (χ1v) is 12.5. The Morgan fingerprint density at radius 1 is 0.838 bits per heavy atom. The lowest BCUT2D eigenvalue weighted by Crippen LogP contribution is -2.47. The SMILES string of the molecule is Nc1c(NNC(=O)C(c2ccccc2)c2ccccc2)ncnc1N1CCN(c2cccc(Cl)c2)CC1. The van der Waals surface area contributed by atoms with Crippen LogP contribution in [0.1, 0.15) is 17.0 Å². The number of halogens is 1. The molecule has 8 nitrogen and oxygen atoms in total. The van der Waals surface area contributed by atoms with E-state index in [1.54, 1.807) is 0 Å². The van der Waals surface area contributed by atoms with Gasteiger partial charge in [0, 0.05) is 36.9 Å². The number of amides is 1. The topological polar surface area (TPSA) is 99.4 Å². The van der Waals surface area contributed by atoms with Crippen molar-refractivity contribution in [2.24, 2.45) is 0 Å². The van der Waals surface area contributed by atoms with Crippen molar-refractivity contribution in [1.82, 2.24) is 15.4 Å². The van der Waals surface area contributed by atoms with Gasteiger partial charge in [-0.05, 0) is 29.3 Å². The fraction of sp³-hybridized carbons (Fsp3) is 0.179. The molecule has 0 atom stereocenters. The van der Waals surface area contributed by atoms with Crippen LogP contribution in [-0.2, 0) is 4.79 Å². The van der Waals surface area contributed by atoms with Gasteiger partial charge < -0.3 is 15.5 Å². The third-order valence-corrected chi connectivity index (χ3v) is 6.68. The van der Waals surface area contributed by atoms with Crippen LogP contribution in [0, 0.1) is 0 Å². The highest BCUT2D eigenvalue weighted by atomic mass is 35.5. The second kappa shape index (κ2) is 11.2. The van der Waals surface area contributed by atoms with E-state index in [0.717, 1.165) is 48.0 Å². The van der Waals surface area contributed by atoms with Crippen molar-refractivity contribution in [3.63, 3.8) is 0 Å². The average Bonchev–Trinajstić information content (AvgIpc) is 2.94. The lowest BCUT2D eigenvalue weighted by Gasteiger charge is -2.37. The second-order valence-electron chi connectivity index (χ2n) is 8.78. The van der Waals surface area contributed by atoms with Crippen LogP contribution in [0.2, 0.25) is 5.02 Å². The minimum atomic E-state index is -0.489. The zero-order valence-electron chi connectivity index (χ0n) is 20.2. The Balaban J connectivity index is 1.27. The van der Waals surface area contributed by atoms with E-state index in [-0.39, 0.29) is 5.91 Å². The van der Waals surface area contributed by atoms with Gasteiger partial charge in [-0.25, -0.2) is 9.97 Å². The molecular formula is C28H28ClN7O. The maximum absolute atomic E-state index is 13.3. The van der Waals surface area contributed by atoms with Crippen LogP contribution in [0.5, 0.6) is 0 Å². The summed E-state index contributed by atoms with van der Waals surface area (Å²) in [7, 11) is 0. The first-order valence-electron chi connectivity index (χ1n) is 12.1. The molecule has 188 valence electrons. The normalized spacial score (nSPS) is 13.5. The van der Waals surface area contributed by atoms with Crippen LogP contribution in [0.15, 0.2) is 91.3 Å². The Morgan fingerprint density at radius 3 is 2.08 bits per heavy atom. The van der Waals surface area contributed by atoms with E-state index in [2.05, 4.69) is 36.7 Å². The molecular weight excluding hydrogens is 486 g/mol. The van der Waals surface area contributed by atoms with Crippen molar-refractivity contribution in [2.45, 2.75) is 5.92 Å². The van der Waals surface area contributed by atoms with Gasteiger partial charge >= 0.3 is 0 Å². The zero-order chi connectivity index (χ0) is 25.6. The molecule has 0 radical (unpaired) electrons. The van der Waals surface area contributed by atoms with Gasteiger partial charge in [-0.1, -0.05) is 78.3 Å². The highest BCUT2D eigenvalue weighted by molar-refractivity contribution is 6.30. The van der Waals surface area contributed by atoms with Gasteiger partial charge in [0.05, 0.1) is 5.92 Å². The molecule has 5 rings (SSSR count). The summed E-state index contributed by atoms with van der Waals surface area (Å²) in [6.07, 6.45) is 1.45. The molecule has 0 bridgehead atoms. The average molecular weight is 514 g/mol. The van der Waals surface area contributed by atoms with Crippen molar-refractivity contribution in [1.29, 1.82) is 0 Å². The molecule has 0 unspecified atom stereocenters. The Labute approximate surface area is 221 Å². The second-order valence-corrected chi connectivity index (χ2v) is 9.22. The first-order chi connectivity index (χ1) is 18.1. The van der Waals surface area contributed by atoms with E-state index >= 15 is 0 Å². The van der Waals surface area contributed by atoms with E-state index in [1.165, 1.54) is 6.33 Å². The maximum atomic E-state index is 13.3. The summed E-state index contributed by atoms with van der Waals surface area (Å²) in [6, 6.07) is 27.2. The molecule has 2 heterocycles. The number of hydrogen-bond donors (Lipinski definition) is 3. The predicted molar refractivity (Wildman–Crippen MR) is 149 cm³/mol. The summed E-state index contributed by atoms with van der Waals surface area (Å²) in [5, 5.41) is 0.722. The first kappa shape index (κ1) is 24.4. The number of hydrogen-bond acceptors (Lipinski definition) is 7. The standard InChI is InChI=1S/C28H28ClN7O/c29-22-12-7-13-23(18-22)35-14-16-36(17-15-35)27-25(30)26(31-19-32-27)33-34-28(37)24(20-8-3-1-4-9-20)21-10-5-2-6-11-21/h1-13,18-19,24H,14-17,30H2,(H,34,37)(H,31,32,33). The number of carbonyl (C=O) groups excluding carboxylic acids is 1. The van der Waals surface area contributed by atoms with E-state index in [4.69, 9.17) is 17.3 Å². The molecule has 0 aliphatic carbocycles. The number of piperazine rings is 1. The van der Waals surface area contributed by atoms with E-state index in [9.17, 15) is 4.79 Å². The summed E-state index contributed by atoms with van der Waals surface area (Å²) in [5.74, 6) is 0.291. The molecule has 37 heavy (non-hydrogen) atoms. The lowest BCUT2D eigenvalue weighted by atomic mass is 9.91. The Bertz CT molecular complexity index is 1310. The summed E-state index contributed by atoms with van der Waals surface area (Å²) in [4.78, 5) is 26.4. The van der Waals surface area contributed by atoms with E-state index in [1.807, 2.05) is 78.9 Å². The predicted octanol–water partition coefficient (Wildman–Crippen LogP) is 4.31. The van der Waals surface area contributed by atoms with Gasteiger partial charge in [0.25, 0.3) is 0 Å². The van der Waals surface area contributed by atoms with Crippen LogP contribution in [0.25, 0.3) is 0 Å². The number of rotatable bonds is 7. The fourth-order valence-electron chi connectivity index (χ4n) is 4.57. The van der Waals surface area contributed by atoms with E-state index in [0.29, 0.717) is 17.3 Å². The molecule has 1 fully saturated rings. The minimum absolute atomic E-state index is 0.216. The number of carbonyl (C=O) groups is 1. The van der Waals surface area contributed by atoms with Crippen LogP contribution in [0.4, 0.5) is 23.0 Å². The van der Waals surface area contributed by atoms with Gasteiger partial charge in [0.15, 0.2) is 11.6 Å². The zero-order valence-corrected chi connectivity index (χ0v) is 21.0. The Kier molecular flexibility index (Phi) is 7.37. The summed E-state index contributed by atoms with van der Waals surface area (Å²) in [5.41, 5.74) is 15.4. The van der Waals surface area contributed by atoms with Gasteiger partial charge in [0.2, 0.25) is 5.91 Å². The van der Waals surface area contributed by atoms with Gasteiger partial charge in [0.1, 0.15) is 12.0 Å². The van der Waals surface area contributed by atoms with Crippen molar-refractivity contribution in [3.8, 4) is 0 Å². The highest BCUT2D eigenvalue weighted by Crippen LogP contribution is 2.29. The van der Waals surface area contributed by atoms with Crippen molar-refractivity contribution in [2.75, 3.05) is 47.1 Å². The molecule has 1 aliphatic rings. The molecule has 1 amide bonds. The van der Waals surface area contributed by atoms with Gasteiger partial charge in [-0.2, -0.15) is 0 Å². The number of anilines is 4. The Hall–Kier alpha value is -4.30. The third kappa shape index (κ3) is 5.59. The van der Waals surface area contributed by atoms with Crippen molar-refractivity contribution >= 4 is 40.5 Å². The maximum Gasteiger partial charge on any atom is 0.250 e. The number of nitrogens with two attached hydrogens (primary N) is 1. The van der Waals surface area contributed by atoms with Gasteiger partial charge in [-0.3, -0.25) is 15.6 Å². The minimum Gasteiger partial charge on any atom is -0.393 e. The van der Waals surface area contributed by atoms with Crippen LogP contribution >= 0.6 is 11.6 Å². The number of nitrogen functional groups attached to an aromatic ring is 1. The largest absolute Gasteiger partial charge is 0.393 e. The smallest absolute Gasteiger partial charge is 0.250 e. The third-order valence-electron chi connectivity index (χ3n) is 6.45. The van der Waals surface area contributed by atoms with Crippen LogP contribution in [0.3, 0.4) is 0 Å². The van der Waals surface area contributed by atoms with Gasteiger partial charge in [-0.15, -0.1) is 0 Å². The Morgan fingerprint density at radius 2 is 1.46 bits per heavy atom. The number of aromatic nitrogens is 2. The molecule has 4 N–H and O–H groups in total. The number of nitrogens with zero attached hydrogens (tertiary/aromatic N) is 4. The highest BCUT2D eigenvalue weighted by Gasteiger charge is 2.24. The summed E-state index contributed by atoms with van der Waals surface area (Å²) in [6.45, 7) is 3.09. The van der Waals surface area contributed by atoms with Crippen molar-refractivity contribution in [3.05, 3.63) is 107 Å². The fourth-order valence-corrected chi connectivity index (χ4v) is 4.75. The number of hydrazine groups is 1. The molecule has 4 aromatic rings. The quantitative estimate of drug-likeness (QED) is 0.316. The molecule has 1 aliphatic heterocycles.